The molecule has 1 aliphatic rings. The van der Waals surface area contributed by atoms with E-state index in [0.29, 0.717) is 0 Å². The van der Waals surface area contributed by atoms with E-state index in [0.717, 1.165) is 0 Å². The third-order valence-electron chi connectivity index (χ3n) is 8.45. The van der Waals surface area contributed by atoms with E-state index in [1.54, 1.807) is 0 Å². The molecule has 0 amide bonds. The molecule has 3 nitrogen and oxygen atoms in total. The van der Waals surface area contributed by atoms with Crippen LogP contribution in [0.5, 0.6) is 0 Å². The molecule has 0 fully saturated rings. The number of nitrogens with zero attached hydrogens (tertiary/aromatic N) is 3. The Bertz CT molecular complexity index is 1260. The summed E-state index contributed by atoms with van der Waals surface area (Å²) in [5, 5.41) is 3.95. The van der Waals surface area contributed by atoms with Crippen molar-refractivity contribution in [3.63, 3.8) is 0 Å². The van der Waals surface area contributed by atoms with Crippen molar-refractivity contribution in [3.05, 3.63) is 95.6 Å². The molecule has 0 heterocycles. The molecule has 0 spiro atoms. The molecular weight excluding hydrogens is 621 g/mol. The third kappa shape index (κ3) is 6.79. The van der Waals surface area contributed by atoms with Gasteiger partial charge in [-0.3, -0.25) is 6.08 Å². The SMILES string of the molecule is CC1=[C-]C(C)([Si](c2cccc(N(C)C)c2)(c2cccc(N(C)C)c2)c2cccc(N(C)C)c2)C(C)=C1C.[Cl-].[Cl-].[Cl-].[Ti+4]. The average molecular weight is 663 g/mol. The van der Waals surface area contributed by atoms with Gasteiger partial charge < -0.3 is 51.9 Å². The summed E-state index contributed by atoms with van der Waals surface area (Å²) in [6.07, 6.45) is 4.08. The first-order chi connectivity index (χ1) is 17.4. The van der Waals surface area contributed by atoms with Crippen LogP contribution in [0.3, 0.4) is 0 Å². The smallest absolute Gasteiger partial charge is 1.00 e. The number of hydrogen-bond donors (Lipinski definition) is 0. The van der Waals surface area contributed by atoms with E-state index in [2.05, 4.69) is 164 Å². The van der Waals surface area contributed by atoms with Gasteiger partial charge in [-0.2, -0.15) is 11.1 Å². The summed E-state index contributed by atoms with van der Waals surface area (Å²) in [7, 11) is 10.0. The average Bonchev–Trinajstić information content (AvgIpc) is 3.08. The molecule has 0 saturated carbocycles. The van der Waals surface area contributed by atoms with Gasteiger partial charge in [0, 0.05) is 59.3 Å². The maximum Gasteiger partial charge on any atom is 4.00 e. The van der Waals surface area contributed by atoms with Crippen LogP contribution < -0.4 is 67.5 Å². The monoisotopic (exact) mass is 661 g/mol. The second kappa shape index (κ2) is 15.2. The third-order valence-corrected chi connectivity index (χ3v) is 14.0. The van der Waals surface area contributed by atoms with Gasteiger partial charge in [-0.25, -0.2) is 5.57 Å². The first-order valence-electron chi connectivity index (χ1n) is 13.1. The minimum absolute atomic E-state index is 0. The molecule has 1 aliphatic carbocycles. The summed E-state index contributed by atoms with van der Waals surface area (Å²) in [6, 6.07) is 27.7. The Morgan fingerprint density at radius 1 is 0.585 bits per heavy atom. The van der Waals surface area contributed by atoms with Crippen molar-refractivity contribution in [2.45, 2.75) is 32.7 Å². The van der Waals surface area contributed by atoms with Gasteiger partial charge in [0.2, 0.25) is 0 Å². The van der Waals surface area contributed by atoms with E-state index in [1.807, 2.05) is 0 Å². The molecule has 3 aromatic carbocycles. The van der Waals surface area contributed by atoms with Crippen LogP contribution >= 0.6 is 0 Å². The fraction of sp³-hybridized carbons (Fsp3) is 0.333. The van der Waals surface area contributed by atoms with Gasteiger partial charge >= 0.3 is 21.7 Å². The zero-order chi connectivity index (χ0) is 27.1. The van der Waals surface area contributed by atoms with Gasteiger partial charge in [0.05, 0.1) is 0 Å². The van der Waals surface area contributed by atoms with E-state index < -0.39 is 8.07 Å². The fourth-order valence-electron chi connectivity index (χ4n) is 6.01. The van der Waals surface area contributed by atoms with Crippen LogP contribution in [0.1, 0.15) is 27.7 Å². The maximum absolute atomic E-state index is 4.08. The van der Waals surface area contributed by atoms with Gasteiger partial charge in [-0.15, -0.1) is 6.92 Å². The van der Waals surface area contributed by atoms with Gasteiger partial charge in [0.25, 0.3) is 0 Å². The van der Waals surface area contributed by atoms with Gasteiger partial charge in [0.1, 0.15) is 8.07 Å². The number of benzene rings is 3. The van der Waals surface area contributed by atoms with E-state index >= 15 is 0 Å². The molecule has 0 radical (unpaired) electrons. The molecule has 218 valence electrons. The molecular formula is C33H42Cl3N3SiTi. The number of halogens is 3. The van der Waals surface area contributed by atoms with Crippen LogP contribution in [0.2, 0.25) is 5.04 Å². The second-order valence-electron chi connectivity index (χ2n) is 11.2. The molecule has 0 saturated heterocycles. The molecule has 41 heavy (non-hydrogen) atoms. The minimum Gasteiger partial charge on any atom is -1.00 e. The Balaban J connectivity index is 0.00000400. The van der Waals surface area contributed by atoms with E-state index in [9.17, 15) is 0 Å². The van der Waals surface area contributed by atoms with Crippen LogP contribution in [-0.2, 0) is 21.7 Å². The van der Waals surface area contributed by atoms with Gasteiger partial charge in [0.15, 0.2) is 0 Å². The Morgan fingerprint density at radius 3 is 1.15 bits per heavy atom. The fourth-order valence-corrected chi connectivity index (χ4v) is 12.0. The topological polar surface area (TPSA) is 9.72 Å². The summed E-state index contributed by atoms with van der Waals surface area (Å²) in [4.78, 5) is 6.64. The summed E-state index contributed by atoms with van der Waals surface area (Å²) >= 11 is 0. The van der Waals surface area contributed by atoms with Crippen molar-refractivity contribution in [1.29, 1.82) is 0 Å². The maximum atomic E-state index is 4.08. The molecule has 8 heteroatoms. The Hall–Kier alpha value is -1.66. The number of allylic oxidation sites excluding steroid dienone is 4. The second-order valence-corrected chi connectivity index (χ2v) is 15.4. The van der Waals surface area contributed by atoms with E-state index in [4.69, 9.17) is 0 Å². The summed E-state index contributed by atoms with van der Waals surface area (Å²) in [6.45, 7) is 9.28. The predicted octanol–water partition coefficient (Wildman–Crippen LogP) is -3.78. The molecule has 4 rings (SSSR count). The minimum atomic E-state index is -2.76. The Labute approximate surface area is 283 Å². The molecule has 0 bridgehead atoms. The zero-order valence-corrected chi connectivity index (χ0v) is 30.7. The number of anilines is 3. The summed E-state index contributed by atoms with van der Waals surface area (Å²) in [5.41, 5.74) is 7.74. The summed E-state index contributed by atoms with van der Waals surface area (Å²) in [5.74, 6) is 0. The zero-order valence-electron chi connectivity index (χ0n) is 25.9. The Kier molecular flexibility index (Phi) is 14.6. The summed E-state index contributed by atoms with van der Waals surface area (Å²) < 4.78 is 0. The van der Waals surface area contributed by atoms with Crippen molar-refractivity contribution in [1.82, 2.24) is 0 Å². The predicted molar refractivity (Wildman–Crippen MR) is 166 cm³/mol. The normalized spacial score (nSPS) is 15.9. The van der Waals surface area contributed by atoms with Crippen LogP contribution in [0.25, 0.3) is 0 Å². The van der Waals surface area contributed by atoms with Crippen molar-refractivity contribution < 1.29 is 58.9 Å². The standard InChI is InChI=1S/C33H42N3Si.3ClH.Ti/c1-24-23-33(4,26(3)25(24)2)37(30-17-11-14-27(20-30)34(5)6,31-18-12-15-28(21-31)35(7)8)32-19-13-16-29(22-32)36(9)10;;;;/h11-22H,1-10H3;3*1H;/q-1;;;;+4/p-3. The van der Waals surface area contributed by atoms with E-state index in [1.165, 1.54) is 49.3 Å². The van der Waals surface area contributed by atoms with Crippen LogP contribution in [0.15, 0.2) is 89.5 Å². The first-order valence-corrected chi connectivity index (χ1v) is 15.1. The molecule has 1 atom stereocenters. The Morgan fingerprint density at radius 2 is 0.902 bits per heavy atom. The van der Waals surface area contributed by atoms with Crippen molar-refractivity contribution >= 4 is 40.7 Å². The molecule has 1 unspecified atom stereocenters. The van der Waals surface area contributed by atoms with Gasteiger partial charge in [-0.1, -0.05) is 62.2 Å². The van der Waals surface area contributed by atoms with Gasteiger partial charge in [-0.05, 0) is 52.0 Å². The van der Waals surface area contributed by atoms with Crippen LogP contribution in [0, 0.1) is 6.08 Å². The number of rotatable bonds is 7. The quantitative estimate of drug-likeness (QED) is 0.146. The number of hydrogen-bond acceptors (Lipinski definition) is 3. The van der Waals surface area contributed by atoms with Crippen molar-refractivity contribution in [3.8, 4) is 0 Å². The van der Waals surface area contributed by atoms with Crippen molar-refractivity contribution in [2.75, 3.05) is 57.0 Å². The van der Waals surface area contributed by atoms with Crippen LogP contribution in [-0.4, -0.2) is 50.4 Å². The van der Waals surface area contributed by atoms with E-state index in [-0.39, 0.29) is 64.0 Å². The molecule has 0 N–H and O–H groups in total. The van der Waals surface area contributed by atoms with Crippen LogP contribution in [0.4, 0.5) is 17.1 Å². The largest absolute Gasteiger partial charge is 4.00 e. The van der Waals surface area contributed by atoms with Crippen molar-refractivity contribution in [2.24, 2.45) is 0 Å². The molecule has 0 aliphatic heterocycles. The molecule has 0 aromatic heterocycles. The molecule has 3 aromatic rings. The first kappa shape index (κ1) is 39.3.